The van der Waals surface area contributed by atoms with Crippen LogP contribution >= 0.6 is 0 Å². The summed E-state index contributed by atoms with van der Waals surface area (Å²) in [5, 5.41) is 11.9. The van der Waals surface area contributed by atoms with Gasteiger partial charge in [0.05, 0.1) is 6.61 Å². The fourth-order valence-electron chi connectivity index (χ4n) is 2.08. The second kappa shape index (κ2) is 5.83. The molecular weight excluding hydrogens is 232 g/mol. The summed E-state index contributed by atoms with van der Waals surface area (Å²) in [7, 11) is 1.81. The first-order valence-corrected chi connectivity index (χ1v) is 6.13. The molecule has 7 nitrogen and oxygen atoms in total. The smallest absolute Gasteiger partial charge is 0.223 e. The molecular formula is C11H20N6O. The third-order valence-electron chi connectivity index (χ3n) is 3.10. The number of hydrogen-bond donors (Lipinski definition) is 3. The van der Waals surface area contributed by atoms with Crippen LogP contribution in [0.1, 0.15) is 0 Å². The van der Waals surface area contributed by atoms with Crippen LogP contribution in [0.2, 0.25) is 0 Å². The van der Waals surface area contributed by atoms with Crippen molar-refractivity contribution in [2.75, 3.05) is 62.3 Å². The van der Waals surface area contributed by atoms with E-state index < -0.39 is 0 Å². The van der Waals surface area contributed by atoms with Crippen LogP contribution in [0.3, 0.4) is 0 Å². The van der Waals surface area contributed by atoms with E-state index in [4.69, 9.17) is 10.8 Å². The number of aliphatic hydroxyl groups is 1. The highest BCUT2D eigenvalue weighted by Crippen LogP contribution is 2.18. The van der Waals surface area contributed by atoms with Gasteiger partial charge in [-0.2, -0.15) is 9.97 Å². The summed E-state index contributed by atoms with van der Waals surface area (Å²) in [5.74, 6) is 1.88. The molecule has 0 aliphatic carbocycles. The molecule has 7 heteroatoms. The van der Waals surface area contributed by atoms with Gasteiger partial charge in [0, 0.05) is 45.8 Å². The molecule has 0 amide bonds. The maximum atomic E-state index is 8.91. The van der Waals surface area contributed by atoms with Crippen LogP contribution in [-0.4, -0.2) is 66.4 Å². The number of β-amino-alcohol motifs (C(OH)–C–C–N with tert-alkyl or cyclic N) is 1. The van der Waals surface area contributed by atoms with Crippen molar-refractivity contribution in [2.45, 2.75) is 0 Å². The topological polar surface area (TPSA) is 90.5 Å². The minimum Gasteiger partial charge on any atom is -0.395 e. The highest BCUT2D eigenvalue weighted by Gasteiger charge is 2.18. The van der Waals surface area contributed by atoms with Crippen LogP contribution in [0.25, 0.3) is 0 Å². The third kappa shape index (κ3) is 2.99. The fraction of sp³-hybridized carbons (Fsp3) is 0.636. The molecule has 1 aromatic rings. The molecule has 1 fully saturated rings. The maximum Gasteiger partial charge on any atom is 0.223 e. The quantitative estimate of drug-likeness (QED) is 0.647. The number of aliphatic hydroxyl groups excluding tert-OH is 1. The minimum atomic E-state index is 0.213. The number of rotatable bonds is 4. The number of nitrogens with two attached hydrogens (primary N) is 1. The Bertz CT molecular complexity index is 391. The lowest BCUT2D eigenvalue weighted by Gasteiger charge is -2.35. The van der Waals surface area contributed by atoms with Crippen molar-refractivity contribution >= 4 is 17.6 Å². The van der Waals surface area contributed by atoms with Gasteiger partial charge in [0.25, 0.3) is 0 Å². The largest absolute Gasteiger partial charge is 0.395 e. The number of nitrogens with zero attached hydrogens (tertiary/aromatic N) is 4. The van der Waals surface area contributed by atoms with Crippen molar-refractivity contribution in [3.8, 4) is 0 Å². The third-order valence-corrected chi connectivity index (χ3v) is 3.10. The Hall–Kier alpha value is -1.60. The van der Waals surface area contributed by atoms with Gasteiger partial charge in [-0.3, -0.25) is 4.90 Å². The SMILES string of the molecule is CNc1cc(N2CCN(CCO)CC2)nc(N)n1. The van der Waals surface area contributed by atoms with Gasteiger partial charge in [0.1, 0.15) is 11.6 Å². The average Bonchev–Trinajstić information content (AvgIpc) is 2.39. The van der Waals surface area contributed by atoms with E-state index in [0.29, 0.717) is 0 Å². The average molecular weight is 252 g/mol. The summed E-state index contributed by atoms with van der Waals surface area (Å²) in [6.45, 7) is 4.59. The zero-order chi connectivity index (χ0) is 13.0. The maximum absolute atomic E-state index is 8.91. The van der Waals surface area contributed by atoms with Gasteiger partial charge in [0.15, 0.2) is 0 Å². The Balaban J connectivity index is 2.02. The lowest BCUT2D eigenvalue weighted by molar-refractivity contribution is 0.188. The number of anilines is 3. The number of hydrogen-bond acceptors (Lipinski definition) is 7. The van der Waals surface area contributed by atoms with E-state index in [9.17, 15) is 0 Å². The molecule has 2 heterocycles. The van der Waals surface area contributed by atoms with Gasteiger partial charge < -0.3 is 21.1 Å². The van der Waals surface area contributed by atoms with Crippen molar-refractivity contribution in [3.63, 3.8) is 0 Å². The highest BCUT2D eigenvalue weighted by atomic mass is 16.3. The van der Waals surface area contributed by atoms with E-state index in [1.165, 1.54) is 0 Å². The van der Waals surface area contributed by atoms with E-state index in [-0.39, 0.29) is 12.6 Å². The molecule has 0 radical (unpaired) electrons. The molecule has 1 aliphatic heterocycles. The van der Waals surface area contributed by atoms with Crippen molar-refractivity contribution in [1.82, 2.24) is 14.9 Å². The standard InChI is InChI=1S/C11H20N6O/c1-13-9-8-10(15-11(12)14-9)17-4-2-16(3-5-17)6-7-18/h8,18H,2-7H2,1H3,(H3,12,13,14,15). The summed E-state index contributed by atoms with van der Waals surface area (Å²) in [4.78, 5) is 12.8. The molecule has 4 N–H and O–H groups in total. The van der Waals surface area contributed by atoms with Gasteiger partial charge in [-0.25, -0.2) is 0 Å². The summed E-state index contributed by atoms with van der Waals surface area (Å²) < 4.78 is 0. The molecule has 0 aromatic carbocycles. The van der Waals surface area contributed by atoms with Gasteiger partial charge in [-0.05, 0) is 0 Å². The molecule has 18 heavy (non-hydrogen) atoms. The van der Waals surface area contributed by atoms with Crippen molar-refractivity contribution < 1.29 is 5.11 Å². The first-order chi connectivity index (χ1) is 8.72. The summed E-state index contributed by atoms with van der Waals surface area (Å²) in [5.41, 5.74) is 5.68. The van der Waals surface area contributed by atoms with Crippen LogP contribution in [0, 0.1) is 0 Å². The Morgan fingerprint density at radius 3 is 2.67 bits per heavy atom. The number of aromatic nitrogens is 2. The molecule has 0 atom stereocenters. The van der Waals surface area contributed by atoms with Gasteiger partial charge in [-0.15, -0.1) is 0 Å². The molecule has 0 unspecified atom stereocenters. The van der Waals surface area contributed by atoms with Gasteiger partial charge in [0.2, 0.25) is 5.95 Å². The van der Waals surface area contributed by atoms with Crippen LogP contribution in [-0.2, 0) is 0 Å². The predicted octanol–water partition coefficient (Wildman–Crippen LogP) is -0.785. The van der Waals surface area contributed by atoms with E-state index >= 15 is 0 Å². The Labute approximate surface area is 107 Å². The zero-order valence-electron chi connectivity index (χ0n) is 10.6. The molecule has 0 saturated carbocycles. The summed E-state index contributed by atoms with van der Waals surface area (Å²) in [6.07, 6.45) is 0. The molecule has 2 rings (SSSR count). The van der Waals surface area contributed by atoms with Crippen molar-refractivity contribution in [1.29, 1.82) is 0 Å². The fourth-order valence-corrected chi connectivity index (χ4v) is 2.08. The zero-order valence-corrected chi connectivity index (χ0v) is 10.6. The molecule has 0 spiro atoms. The first-order valence-electron chi connectivity index (χ1n) is 6.13. The van der Waals surface area contributed by atoms with Crippen LogP contribution in [0.15, 0.2) is 6.07 Å². The van der Waals surface area contributed by atoms with Crippen molar-refractivity contribution in [2.24, 2.45) is 0 Å². The predicted molar refractivity (Wildman–Crippen MR) is 71.7 cm³/mol. The Kier molecular flexibility index (Phi) is 4.16. The van der Waals surface area contributed by atoms with E-state index in [2.05, 4.69) is 25.1 Å². The molecule has 100 valence electrons. The van der Waals surface area contributed by atoms with E-state index in [1.807, 2.05) is 13.1 Å². The number of nitrogens with one attached hydrogen (secondary N) is 1. The first kappa shape index (κ1) is 12.8. The van der Waals surface area contributed by atoms with E-state index in [0.717, 1.165) is 44.4 Å². The van der Waals surface area contributed by atoms with Crippen LogP contribution in [0.4, 0.5) is 17.6 Å². The van der Waals surface area contributed by atoms with Gasteiger partial charge in [-0.1, -0.05) is 0 Å². The Morgan fingerprint density at radius 2 is 2.06 bits per heavy atom. The minimum absolute atomic E-state index is 0.213. The second-order valence-corrected chi connectivity index (χ2v) is 4.27. The molecule has 1 aliphatic rings. The van der Waals surface area contributed by atoms with Crippen molar-refractivity contribution in [3.05, 3.63) is 6.07 Å². The highest BCUT2D eigenvalue weighted by molar-refractivity contribution is 5.52. The molecule has 1 saturated heterocycles. The number of piperazine rings is 1. The lowest BCUT2D eigenvalue weighted by atomic mass is 10.3. The second-order valence-electron chi connectivity index (χ2n) is 4.27. The molecule has 1 aromatic heterocycles. The van der Waals surface area contributed by atoms with Crippen LogP contribution in [0.5, 0.6) is 0 Å². The monoisotopic (exact) mass is 252 g/mol. The van der Waals surface area contributed by atoms with E-state index in [1.54, 1.807) is 0 Å². The number of nitrogen functional groups attached to an aromatic ring is 1. The normalized spacial score (nSPS) is 16.9. The summed E-state index contributed by atoms with van der Waals surface area (Å²) in [6, 6.07) is 1.90. The molecule has 0 bridgehead atoms. The van der Waals surface area contributed by atoms with Gasteiger partial charge >= 0.3 is 0 Å². The summed E-state index contributed by atoms with van der Waals surface area (Å²) >= 11 is 0. The Morgan fingerprint density at radius 1 is 1.33 bits per heavy atom. The lowest BCUT2D eigenvalue weighted by Crippen LogP contribution is -2.47. The van der Waals surface area contributed by atoms with Crippen LogP contribution < -0.4 is 16.0 Å².